The van der Waals surface area contributed by atoms with Gasteiger partial charge in [-0.05, 0) is 24.7 Å². The molecule has 14 heavy (non-hydrogen) atoms. The summed E-state index contributed by atoms with van der Waals surface area (Å²) in [6.45, 7) is 2.21. The smallest absolute Gasteiger partial charge is 0.134 e. The Morgan fingerprint density at radius 2 is 2.00 bits per heavy atom. The Kier molecular flexibility index (Phi) is 2.14. The van der Waals surface area contributed by atoms with Gasteiger partial charge in [-0.3, -0.25) is 4.79 Å². The number of Topliss-reactive ketones (excluding diaryl/α,β-unsaturated/α-hetero) is 1. The maximum absolute atomic E-state index is 11.5. The first-order chi connectivity index (χ1) is 6.62. The highest BCUT2D eigenvalue weighted by atomic mass is 16.1. The summed E-state index contributed by atoms with van der Waals surface area (Å²) in [4.78, 5) is 11.5. The molecular formula is C12H17NO. The highest BCUT2D eigenvalue weighted by molar-refractivity contribution is 5.80. The van der Waals surface area contributed by atoms with Crippen molar-refractivity contribution in [3.8, 4) is 6.07 Å². The van der Waals surface area contributed by atoms with E-state index in [1.165, 1.54) is 6.42 Å². The molecule has 76 valence electrons. The van der Waals surface area contributed by atoms with Gasteiger partial charge in [-0.1, -0.05) is 19.8 Å². The number of fused-ring (bicyclic) bond motifs is 1. The van der Waals surface area contributed by atoms with Crippen LogP contribution in [0.25, 0.3) is 0 Å². The number of carbonyl (C=O) groups excluding carboxylic acids is 1. The molecule has 2 aliphatic carbocycles. The highest BCUT2D eigenvalue weighted by Crippen LogP contribution is 2.57. The summed E-state index contributed by atoms with van der Waals surface area (Å²) in [6.07, 6.45) is 6.56. The highest BCUT2D eigenvalue weighted by Gasteiger charge is 2.53. The molecular weight excluding hydrogens is 174 g/mol. The summed E-state index contributed by atoms with van der Waals surface area (Å²) in [6, 6.07) is 2.47. The topological polar surface area (TPSA) is 40.9 Å². The number of nitrogens with zero attached hydrogens (tertiary/aromatic N) is 1. The lowest BCUT2D eigenvalue weighted by Crippen LogP contribution is -2.46. The third-order valence-corrected chi connectivity index (χ3v) is 4.41. The van der Waals surface area contributed by atoms with Crippen LogP contribution < -0.4 is 0 Å². The van der Waals surface area contributed by atoms with Crippen molar-refractivity contribution in [3.05, 3.63) is 0 Å². The minimum Gasteiger partial charge on any atom is -0.300 e. The lowest BCUT2D eigenvalue weighted by molar-refractivity contribution is -0.129. The van der Waals surface area contributed by atoms with Crippen LogP contribution in [0.2, 0.25) is 0 Å². The average molecular weight is 191 g/mol. The molecule has 2 rings (SSSR count). The molecule has 0 aliphatic heterocycles. The van der Waals surface area contributed by atoms with E-state index in [1.54, 1.807) is 0 Å². The zero-order valence-electron chi connectivity index (χ0n) is 8.81. The lowest BCUT2D eigenvalue weighted by Gasteiger charge is -2.50. The average Bonchev–Trinajstić information content (AvgIpc) is 2.19. The molecule has 2 atom stereocenters. The molecule has 2 saturated carbocycles. The predicted octanol–water partition coefficient (Wildman–Crippen LogP) is 2.83. The van der Waals surface area contributed by atoms with Crippen LogP contribution in [0.3, 0.4) is 0 Å². The predicted molar refractivity (Wildman–Crippen MR) is 53.5 cm³/mol. The normalized spacial score (nSPS) is 42.7. The molecule has 2 aliphatic rings. The van der Waals surface area contributed by atoms with Crippen molar-refractivity contribution < 1.29 is 4.79 Å². The van der Waals surface area contributed by atoms with E-state index >= 15 is 0 Å². The Hall–Kier alpha value is -0.840. The second-order valence-electron chi connectivity index (χ2n) is 5.18. The summed E-state index contributed by atoms with van der Waals surface area (Å²) >= 11 is 0. The molecule has 0 heterocycles. The monoisotopic (exact) mass is 191 g/mol. The summed E-state index contributed by atoms with van der Waals surface area (Å²) in [5.41, 5.74) is -0.200. The van der Waals surface area contributed by atoms with E-state index in [1.807, 2.05) is 0 Å². The van der Waals surface area contributed by atoms with E-state index in [2.05, 4.69) is 13.0 Å². The second-order valence-corrected chi connectivity index (χ2v) is 5.18. The number of rotatable bonds is 0. The Bertz CT molecular complexity index is 304. The summed E-state index contributed by atoms with van der Waals surface area (Å²) < 4.78 is 0. The molecule has 2 heteroatoms. The zero-order valence-corrected chi connectivity index (χ0v) is 8.81. The third kappa shape index (κ3) is 1.19. The van der Waals surface area contributed by atoms with Crippen LogP contribution in [0.5, 0.6) is 0 Å². The van der Waals surface area contributed by atoms with Crippen molar-refractivity contribution >= 4 is 5.78 Å². The van der Waals surface area contributed by atoms with Crippen LogP contribution >= 0.6 is 0 Å². The first kappa shape index (κ1) is 9.71. The Morgan fingerprint density at radius 1 is 1.29 bits per heavy atom. The minimum atomic E-state index is -0.319. The molecule has 0 spiro atoms. The molecule has 0 N–H and O–H groups in total. The Morgan fingerprint density at radius 3 is 2.71 bits per heavy atom. The van der Waals surface area contributed by atoms with Crippen molar-refractivity contribution in [2.75, 3.05) is 0 Å². The van der Waals surface area contributed by atoms with Crippen LogP contribution in [-0.2, 0) is 4.79 Å². The van der Waals surface area contributed by atoms with E-state index in [9.17, 15) is 10.1 Å². The van der Waals surface area contributed by atoms with Crippen LogP contribution in [0.15, 0.2) is 0 Å². The molecule has 0 radical (unpaired) electrons. The van der Waals surface area contributed by atoms with Gasteiger partial charge in [0.25, 0.3) is 0 Å². The van der Waals surface area contributed by atoms with Gasteiger partial charge in [-0.25, -0.2) is 0 Å². The molecule has 0 amide bonds. The first-order valence-electron chi connectivity index (χ1n) is 5.55. The van der Waals surface area contributed by atoms with E-state index in [0.717, 1.165) is 25.7 Å². The molecule has 2 fully saturated rings. The van der Waals surface area contributed by atoms with E-state index in [-0.39, 0.29) is 10.8 Å². The zero-order chi connectivity index (χ0) is 10.2. The van der Waals surface area contributed by atoms with Gasteiger partial charge in [-0.2, -0.15) is 5.26 Å². The standard InChI is InChI=1S/C12H17NO/c1-11-5-2-3-6-12(11,9-13)8-10(14)4-7-11/h2-8H2,1H3/t11-,12-/m0/s1. The number of ketones is 1. The van der Waals surface area contributed by atoms with Gasteiger partial charge in [0, 0.05) is 12.8 Å². The fourth-order valence-corrected chi connectivity index (χ4v) is 3.22. The molecule has 0 saturated heterocycles. The molecule has 2 nitrogen and oxygen atoms in total. The second kappa shape index (κ2) is 3.08. The minimum absolute atomic E-state index is 0.119. The van der Waals surface area contributed by atoms with E-state index in [4.69, 9.17) is 0 Å². The van der Waals surface area contributed by atoms with Crippen LogP contribution in [0.1, 0.15) is 51.9 Å². The Balaban J connectivity index is 2.35. The maximum Gasteiger partial charge on any atom is 0.134 e. The molecule has 0 aromatic carbocycles. The van der Waals surface area contributed by atoms with E-state index < -0.39 is 0 Å². The number of nitriles is 1. The van der Waals surface area contributed by atoms with Gasteiger partial charge in [0.1, 0.15) is 5.78 Å². The SMILES string of the molecule is C[C@@]12CCCC[C@@]1(C#N)CC(=O)CC2. The van der Waals surface area contributed by atoms with Crippen molar-refractivity contribution in [1.82, 2.24) is 0 Å². The van der Waals surface area contributed by atoms with Crippen LogP contribution in [-0.4, -0.2) is 5.78 Å². The lowest BCUT2D eigenvalue weighted by atomic mass is 9.51. The quantitative estimate of drug-likeness (QED) is 0.590. The van der Waals surface area contributed by atoms with Crippen LogP contribution in [0, 0.1) is 22.2 Å². The van der Waals surface area contributed by atoms with Gasteiger partial charge in [0.15, 0.2) is 0 Å². The Labute approximate surface area is 85.3 Å². The van der Waals surface area contributed by atoms with Crippen molar-refractivity contribution in [2.45, 2.75) is 51.9 Å². The summed E-state index contributed by atoms with van der Waals surface area (Å²) in [5.74, 6) is 0.297. The van der Waals surface area contributed by atoms with Crippen LogP contribution in [0.4, 0.5) is 0 Å². The number of carbonyl (C=O) groups is 1. The van der Waals surface area contributed by atoms with Gasteiger partial charge >= 0.3 is 0 Å². The largest absolute Gasteiger partial charge is 0.300 e. The maximum atomic E-state index is 11.5. The first-order valence-corrected chi connectivity index (χ1v) is 5.55. The number of hydrogen-bond acceptors (Lipinski definition) is 2. The van der Waals surface area contributed by atoms with Crippen molar-refractivity contribution in [3.63, 3.8) is 0 Å². The summed E-state index contributed by atoms with van der Waals surface area (Å²) in [5, 5.41) is 9.36. The molecule has 0 aromatic rings. The third-order valence-electron chi connectivity index (χ3n) is 4.41. The molecule has 0 aromatic heterocycles. The fraction of sp³-hybridized carbons (Fsp3) is 0.833. The van der Waals surface area contributed by atoms with Gasteiger partial charge in [0.05, 0.1) is 11.5 Å². The van der Waals surface area contributed by atoms with Gasteiger partial charge < -0.3 is 0 Å². The summed E-state index contributed by atoms with van der Waals surface area (Å²) in [7, 11) is 0. The van der Waals surface area contributed by atoms with Crippen molar-refractivity contribution in [1.29, 1.82) is 5.26 Å². The van der Waals surface area contributed by atoms with E-state index in [0.29, 0.717) is 18.6 Å². The van der Waals surface area contributed by atoms with Gasteiger partial charge in [-0.15, -0.1) is 0 Å². The molecule has 0 unspecified atom stereocenters. The fourth-order valence-electron chi connectivity index (χ4n) is 3.22. The van der Waals surface area contributed by atoms with Crippen molar-refractivity contribution in [2.24, 2.45) is 10.8 Å². The molecule has 0 bridgehead atoms. The number of hydrogen-bond donors (Lipinski definition) is 0. The van der Waals surface area contributed by atoms with Gasteiger partial charge in [0.2, 0.25) is 0 Å².